The number of nitrogens with one attached hydrogen (secondary N) is 1. The number of carbonyl (C=O) groups is 2. The predicted octanol–water partition coefficient (Wildman–Crippen LogP) is 2.86. The molecule has 0 saturated heterocycles. The number of aromatic nitrogens is 2. The molecule has 7 nitrogen and oxygen atoms in total. The summed E-state index contributed by atoms with van der Waals surface area (Å²) in [5, 5.41) is 10.1. The molecule has 0 aliphatic heterocycles. The van der Waals surface area contributed by atoms with E-state index in [9.17, 15) is 9.59 Å². The van der Waals surface area contributed by atoms with Gasteiger partial charge in [-0.2, -0.15) is 0 Å². The van der Waals surface area contributed by atoms with Gasteiger partial charge in [-0.05, 0) is 25.1 Å². The van der Waals surface area contributed by atoms with Crippen molar-refractivity contribution in [3.8, 4) is 11.5 Å². The lowest BCUT2D eigenvalue weighted by Crippen LogP contribution is -2.32. The van der Waals surface area contributed by atoms with E-state index in [1.165, 1.54) is 0 Å². The van der Waals surface area contributed by atoms with Gasteiger partial charge in [-0.15, -0.1) is 10.2 Å². The Bertz CT molecular complexity index is 677. The molecule has 2 rings (SSSR count). The number of hydrogen-bond acceptors (Lipinski definition) is 7. The summed E-state index contributed by atoms with van der Waals surface area (Å²) in [6, 6.07) is 7.41. The molecule has 2 amide bonds. The second kappa shape index (κ2) is 7.95. The molecule has 9 heteroatoms. The standard InChI is InChI=1S/C13H12BrN3O4S/c1-2-20-12(19)15-10(18)7-22-13-17-16-11(21-13)8-4-3-5-9(14)6-8/h3-6H,2,7H2,1H3,(H,15,18,19). The second-order valence-electron chi connectivity index (χ2n) is 3.94. The minimum Gasteiger partial charge on any atom is -0.450 e. The minimum atomic E-state index is -0.770. The van der Waals surface area contributed by atoms with Crippen molar-refractivity contribution in [2.75, 3.05) is 12.4 Å². The molecule has 0 aliphatic rings. The highest BCUT2D eigenvalue weighted by molar-refractivity contribution is 9.10. The van der Waals surface area contributed by atoms with Crippen LogP contribution >= 0.6 is 27.7 Å². The van der Waals surface area contributed by atoms with Crippen molar-refractivity contribution >= 4 is 39.7 Å². The van der Waals surface area contributed by atoms with E-state index >= 15 is 0 Å². The van der Waals surface area contributed by atoms with E-state index in [4.69, 9.17) is 4.42 Å². The number of nitrogens with zero attached hydrogens (tertiary/aromatic N) is 2. The van der Waals surface area contributed by atoms with Crippen molar-refractivity contribution in [1.82, 2.24) is 15.5 Å². The lowest BCUT2D eigenvalue weighted by molar-refractivity contribution is -0.117. The molecular formula is C13H12BrN3O4S. The van der Waals surface area contributed by atoms with Crippen LogP contribution in [0.2, 0.25) is 0 Å². The number of rotatable bonds is 5. The van der Waals surface area contributed by atoms with Crippen molar-refractivity contribution in [2.45, 2.75) is 12.1 Å². The second-order valence-corrected chi connectivity index (χ2v) is 5.78. The van der Waals surface area contributed by atoms with Gasteiger partial charge in [-0.1, -0.05) is 33.8 Å². The van der Waals surface area contributed by atoms with Gasteiger partial charge in [0, 0.05) is 10.0 Å². The topological polar surface area (TPSA) is 94.3 Å². The van der Waals surface area contributed by atoms with Crippen molar-refractivity contribution < 1.29 is 18.7 Å². The monoisotopic (exact) mass is 385 g/mol. The lowest BCUT2D eigenvalue weighted by Gasteiger charge is -2.02. The lowest BCUT2D eigenvalue weighted by atomic mass is 10.2. The highest BCUT2D eigenvalue weighted by Crippen LogP contribution is 2.25. The highest BCUT2D eigenvalue weighted by atomic mass is 79.9. The summed E-state index contributed by atoms with van der Waals surface area (Å²) in [7, 11) is 0. The quantitative estimate of drug-likeness (QED) is 0.790. The molecule has 0 aliphatic carbocycles. The van der Waals surface area contributed by atoms with E-state index in [-0.39, 0.29) is 17.6 Å². The van der Waals surface area contributed by atoms with Crippen LogP contribution in [0.15, 0.2) is 38.4 Å². The molecule has 116 valence electrons. The van der Waals surface area contributed by atoms with Crippen LogP contribution in [0.25, 0.3) is 11.5 Å². The molecule has 1 heterocycles. The molecule has 0 spiro atoms. The summed E-state index contributed by atoms with van der Waals surface area (Å²) >= 11 is 4.40. The summed E-state index contributed by atoms with van der Waals surface area (Å²) < 4.78 is 10.9. The third kappa shape index (κ3) is 4.85. The molecule has 0 saturated carbocycles. The van der Waals surface area contributed by atoms with Gasteiger partial charge in [0.05, 0.1) is 12.4 Å². The third-order valence-corrected chi connectivity index (χ3v) is 3.63. The van der Waals surface area contributed by atoms with Gasteiger partial charge in [0.15, 0.2) is 0 Å². The van der Waals surface area contributed by atoms with Gasteiger partial charge in [0.25, 0.3) is 5.22 Å². The van der Waals surface area contributed by atoms with Crippen LogP contribution in [0.1, 0.15) is 6.92 Å². The molecule has 0 unspecified atom stereocenters. The van der Waals surface area contributed by atoms with Gasteiger partial charge in [-0.3, -0.25) is 10.1 Å². The Morgan fingerprint density at radius 3 is 2.95 bits per heavy atom. The van der Waals surface area contributed by atoms with Crippen LogP contribution < -0.4 is 5.32 Å². The molecule has 1 aromatic heterocycles. The average molecular weight is 386 g/mol. The summed E-state index contributed by atoms with van der Waals surface area (Å²) in [5.41, 5.74) is 0.768. The van der Waals surface area contributed by atoms with Crippen LogP contribution in [0.4, 0.5) is 4.79 Å². The first kappa shape index (κ1) is 16.5. The Morgan fingerprint density at radius 1 is 1.41 bits per heavy atom. The van der Waals surface area contributed by atoms with Crippen molar-refractivity contribution in [3.05, 3.63) is 28.7 Å². The molecule has 0 radical (unpaired) electrons. The fourth-order valence-electron chi connectivity index (χ4n) is 1.45. The van der Waals surface area contributed by atoms with Crippen LogP contribution in [-0.4, -0.2) is 34.6 Å². The first-order valence-electron chi connectivity index (χ1n) is 6.27. The Hall–Kier alpha value is -1.87. The Morgan fingerprint density at radius 2 is 2.23 bits per heavy atom. The Balaban J connectivity index is 1.90. The molecular weight excluding hydrogens is 374 g/mol. The maximum absolute atomic E-state index is 11.5. The van der Waals surface area contributed by atoms with Crippen LogP contribution in [-0.2, 0) is 9.53 Å². The zero-order valence-corrected chi connectivity index (χ0v) is 13.9. The molecule has 0 atom stereocenters. The van der Waals surface area contributed by atoms with Crippen molar-refractivity contribution in [1.29, 1.82) is 0 Å². The summed E-state index contributed by atoms with van der Waals surface area (Å²) in [5.74, 6) is -0.167. The summed E-state index contributed by atoms with van der Waals surface area (Å²) in [4.78, 5) is 22.6. The van der Waals surface area contributed by atoms with Gasteiger partial charge in [-0.25, -0.2) is 4.79 Å². The number of benzene rings is 1. The van der Waals surface area contributed by atoms with E-state index in [1.54, 1.807) is 6.92 Å². The zero-order valence-electron chi connectivity index (χ0n) is 11.5. The predicted molar refractivity (Wildman–Crippen MR) is 83.3 cm³/mol. The van der Waals surface area contributed by atoms with Crippen molar-refractivity contribution in [2.24, 2.45) is 0 Å². The van der Waals surface area contributed by atoms with E-state index in [2.05, 4.69) is 36.2 Å². The Labute approximate surface area is 138 Å². The SMILES string of the molecule is CCOC(=O)NC(=O)CSc1nnc(-c2cccc(Br)c2)o1. The van der Waals surface area contributed by atoms with E-state index in [0.29, 0.717) is 5.89 Å². The normalized spacial score (nSPS) is 10.3. The molecule has 22 heavy (non-hydrogen) atoms. The van der Waals surface area contributed by atoms with Gasteiger partial charge in [0.1, 0.15) is 0 Å². The summed E-state index contributed by atoms with van der Waals surface area (Å²) in [6.45, 7) is 1.85. The fourth-order valence-corrected chi connectivity index (χ4v) is 2.41. The van der Waals surface area contributed by atoms with E-state index < -0.39 is 12.0 Å². The number of alkyl carbamates (subject to hydrolysis) is 1. The number of hydrogen-bond donors (Lipinski definition) is 1. The largest absolute Gasteiger partial charge is 0.450 e. The number of halogens is 1. The van der Waals surface area contributed by atoms with Crippen LogP contribution in [0.5, 0.6) is 0 Å². The number of imide groups is 1. The van der Waals surface area contributed by atoms with Crippen LogP contribution in [0, 0.1) is 0 Å². The minimum absolute atomic E-state index is 0.0288. The van der Waals surface area contributed by atoms with Gasteiger partial charge >= 0.3 is 6.09 Å². The fraction of sp³-hybridized carbons (Fsp3) is 0.231. The number of carbonyl (C=O) groups excluding carboxylic acids is 2. The maximum atomic E-state index is 11.5. The molecule has 0 bridgehead atoms. The van der Waals surface area contributed by atoms with E-state index in [0.717, 1.165) is 21.8 Å². The zero-order chi connectivity index (χ0) is 15.9. The van der Waals surface area contributed by atoms with E-state index in [1.807, 2.05) is 24.3 Å². The van der Waals surface area contributed by atoms with Crippen molar-refractivity contribution in [3.63, 3.8) is 0 Å². The average Bonchev–Trinajstić information content (AvgIpc) is 2.94. The Kier molecular flexibility index (Phi) is 5.96. The first-order chi connectivity index (χ1) is 10.6. The van der Waals surface area contributed by atoms with Crippen LogP contribution in [0.3, 0.4) is 0 Å². The summed E-state index contributed by atoms with van der Waals surface area (Å²) in [6.07, 6.45) is -0.770. The molecule has 1 aromatic carbocycles. The number of amides is 2. The molecule has 2 aromatic rings. The number of thioether (sulfide) groups is 1. The highest BCUT2D eigenvalue weighted by Gasteiger charge is 2.13. The van der Waals surface area contributed by atoms with Gasteiger partial charge in [0.2, 0.25) is 11.8 Å². The molecule has 0 fully saturated rings. The van der Waals surface area contributed by atoms with Gasteiger partial charge < -0.3 is 9.15 Å². The number of ether oxygens (including phenoxy) is 1. The molecule has 1 N–H and O–H groups in total. The first-order valence-corrected chi connectivity index (χ1v) is 8.05. The third-order valence-electron chi connectivity index (χ3n) is 2.32. The maximum Gasteiger partial charge on any atom is 0.413 e. The smallest absolute Gasteiger partial charge is 0.413 e.